The molecule has 1 atom stereocenters. The SMILES string of the molecule is CCCCOc1ccc(CNCC2CCCN(C)C2)cc1. The predicted molar refractivity (Wildman–Crippen MR) is 88.8 cm³/mol. The molecule has 1 aliphatic heterocycles. The van der Waals surface area contributed by atoms with Crippen LogP contribution in [0.3, 0.4) is 0 Å². The molecule has 1 aliphatic rings. The molecule has 21 heavy (non-hydrogen) atoms. The second-order valence-electron chi connectivity index (χ2n) is 6.25. The topological polar surface area (TPSA) is 24.5 Å². The van der Waals surface area contributed by atoms with Crippen molar-refractivity contribution in [2.45, 2.75) is 39.2 Å². The summed E-state index contributed by atoms with van der Waals surface area (Å²) in [6.45, 7) is 7.58. The van der Waals surface area contributed by atoms with Crippen molar-refractivity contribution in [1.82, 2.24) is 10.2 Å². The van der Waals surface area contributed by atoms with E-state index >= 15 is 0 Å². The van der Waals surface area contributed by atoms with Gasteiger partial charge in [-0.05, 0) is 63.0 Å². The molecule has 3 heteroatoms. The van der Waals surface area contributed by atoms with Crippen molar-refractivity contribution in [1.29, 1.82) is 0 Å². The van der Waals surface area contributed by atoms with Gasteiger partial charge in [-0.2, -0.15) is 0 Å². The number of nitrogens with zero attached hydrogens (tertiary/aromatic N) is 1. The second kappa shape index (κ2) is 9.06. The standard InChI is InChI=1S/C18H30N2O/c1-3-4-12-21-18-9-7-16(8-10-18)13-19-14-17-6-5-11-20(2)15-17/h7-10,17,19H,3-6,11-15H2,1-2H3. The number of likely N-dealkylation sites (tertiary alicyclic amines) is 1. The van der Waals surface area contributed by atoms with Gasteiger partial charge >= 0.3 is 0 Å². The van der Waals surface area contributed by atoms with Gasteiger partial charge in [0.2, 0.25) is 0 Å². The summed E-state index contributed by atoms with van der Waals surface area (Å²) in [6, 6.07) is 8.50. The lowest BCUT2D eigenvalue weighted by molar-refractivity contribution is 0.206. The molecule has 0 amide bonds. The number of piperidine rings is 1. The average Bonchev–Trinajstić information content (AvgIpc) is 2.49. The third-order valence-corrected chi connectivity index (χ3v) is 4.17. The largest absolute Gasteiger partial charge is 0.494 e. The summed E-state index contributed by atoms with van der Waals surface area (Å²) < 4.78 is 5.69. The quantitative estimate of drug-likeness (QED) is 0.744. The Bertz CT molecular complexity index is 391. The summed E-state index contributed by atoms with van der Waals surface area (Å²) >= 11 is 0. The number of unbranched alkanes of at least 4 members (excludes halogenated alkanes) is 1. The average molecular weight is 290 g/mol. The lowest BCUT2D eigenvalue weighted by Crippen LogP contribution is -2.37. The van der Waals surface area contributed by atoms with E-state index in [1.165, 1.54) is 37.9 Å². The molecule has 0 aromatic heterocycles. The molecule has 0 radical (unpaired) electrons. The second-order valence-corrected chi connectivity index (χ2v) is 6.25. The van der Waals surface area contributed by atoms with Crippen LogP contribution in [0.2, 0.25) is 0 Å². The fraction of sp³-hybridized carbons (Fsp3) is 0.667. The van der Waals surface area contributed by atoms with E-state index in [1.807, 2.05) is 0 Å². The molecule has 1 N–H and O–H groups in total. The summed E-state index contributed by atoms with van der Waals surface area (Å²) in [5.41, 5.74) is 1.34. The Morgan fingerprint density at radius 1 is 1.29 bits per heavy atom. The Kier molecular flexibility index (Phi) is 7.04. The van der Waals surface area contributed by atoms with Crippen molar-refractivity contribution in [3.8, 4) is 5.75 Å². The molecule has 0 saturated carbocycles. The molecular formula is C18H30N2O. The van der Waals surface area contributed by atoms with Crippen LogP contribution in [0, 0.1) is 5.92 Å². The molecule has 1 saturated heterocycles. The van der Waals surface area contributed by atoms with Gasteiger partial charge in [0.15, 0.2) is 0 Å². The van der Waals surface area contributed by atoms with E-state index < -0.39 is 0 Å². The highest BCUT2D eigenvalue weighted by molar-refractivity contribution is 5.27. The number of nitrogens with one attached hydrogen (secondary N) is 1. The molecule has 0 bridgehead atoms. The van der Waals surface area contributed by atoms with Crippen molar-refractivity contribution >= 4 is 0 Å². The molecule has 1 unspecified atom stereocenters. The van der Waals surface area contributed by atoms with Crippen LogP contribution in [0.25, 0.3) is 0 Å². The Morgan fingerprint density at radius 2 is 2.10 bits per heavy atom. The van der Waals surface area contributed by atoms with Crippen molar-refractivity contribution in [2.24, 2.45) is 5.92 Å². The van der Waals surface area contributed by atoms with Gasteiger partial charge in [-0.3, -0.25) is 0 Å². The lowest BCUT2D eigenvalue weighted by atomic mass is 9.98. The number of ether oxygens (including phenoxy) is 1. The van der Waals surface area contributed by atoms with Crippen LogP contribution in [0.1, 0.15) is 38.2 Å². The van der Waals surface area contributed by atoms with E-state index in [4.69, 9.17) is 4.74 Å². The highest BCUT2D eigenvalue weighted by Gasteiger charge is 2.16. The van der Waals surface area contributed by atoms with Crippen LogP contribution < -0.4 is 10.1 Å². The van der Waals surface area contributed by atoms with E-state index in [0.717, 1.165) is 37.8 Å². The molecule has 2 rings (SSSR count). The normalized spacial score (nSPS) is 19.6. The molecule has 118 valence electrons. The molecular weight excluding hydrogens is 260 g/mol. The van der Waals surface area contributed by atoms with E-state index in [0.29, 0.717) is 0 Å². The Hall–Kier alpha value is -1.06. The fourth-order valence-electron chi connectivity index (χ4n) is 2.90. The summed E-state index contributed by atoms with van der Waals surface area (Å²) in [6.07, 6.45) is 5.01. The summed E-state index contributed by atoms with van der Waals surface area (Å²) in [5, 5.41) is 3.60. The maximum atomic E-state index is 5.69. The summed E-state index contributed by atoms with van der Waals surface area (Å²) in [5.74, 6) is 1.79. The number of benzene rings is 1. The van der Waals surface area contributed by atoms with Gasteiger partial charge in [0.1, 0.15) is 5.75 Å². The van der Waals surface area contributed by atoms with Gasteiger partial charge in [0, 0.05) is 13.1 Å². The Morgan fingerprint density at radius 3 is 2.81 bits per heavy atom. The minimum absolute atomic E-state index is 0.806. The van der Waals surface area contributed by atoms with Gasteiger partial charge in [-0.1, -0.05) is 25.5 Å². The minimum Gasteiger partial charge on any atom is -0.494 e. The van der Waals surface area contributed by atoms with Crippen LogP contribution in [0.15, 0.2) is 24.3 Å². The molecule has 0 aliphatic carbocycles. The fourth-order valence-corrected chi connectivity index (χ4v) is 2.90. The first-order chi connectivity index (χ1) is 10.3. The first-order valence-electron chi connectivity index (χ1n) is 8.39. The smallest absolute Gasteiger partial charge is 0.119 e. The Balaban J connectivity index is 1.66. The number of hydrogen-bond donors (Lipinski definition) is 1. The zero-order valence-corrected chi connectivity index (χ0v) is 13.6. The van der Waals surface area contributed by atoms with Crippen molar-refractivity contribution in [2.75, 3.05) is 33.3 Å². The van der Waals surface area contributed by atoms with Crippen LogP contribution in [-0.4, -0.2) is 38.2 Å². The highest BCUT2D eigenvalue weighted by atomic mass is 16.5. The molecule has 1 fully saturated rings. The van der Waals surface area contributed by atoms with E-state index in [9.17, 15) is 0 Å². The van der Waals surface area contributed by atoms with Crippen LogP contribution in [0.4, 0.5) is 0 Å². The van der Waals surface area contributed by atoms with E-state index in [1.54, 1.807) is 0 Å². The third-order valence-electron chi connectivity index (χ3n) is 4.17. The van der Waals surface area contributed by atoms with E-state index in [2.05, 4.69) is 48.5 Å². The summed E-state index contributed by atoms with van der Waals surface area (Å²) in [7, 11) is 2.23. The van der Waals surface area contributed by atoms with Crippen LogP contribution in [0.5, 0.6) is 5.75 Å². The third kappa shape index (κ3) is 6.06. The monoisotopic (exact) mass is 290 g/mol. The number of rotatable bonds is 8. The first-order valence-corrected chi connectivity index (χ1v) is 8.39. The Labute approximate surface area is 129 Å². The van der Waals surface area contributed by atoms with Gasteiger partial charge in [0.25, 0.3) is 0 Å². The van der Waals surface area contributed by atoms with Crippen molar-refractivity contribution < 1.29 is 4.74 Å². The van der Waals surface area contributed by atoms with Crippen molar-refractivity contribution in [3.05, 3.63) is 29.8 Å². The zero-order valence-electron chi connectivity index (χ0n) is 13.6. The van der Waals surface area contributed by atoms with Gasteiger partial charge in [0.05, 0.1) is 6.61 Å². The summed E-state index contributed by atoms with van der Waals surface area (Å²) in [4.78, 5) is 2.44. The molecule has 3 nitrogen and oxygen atoms in total. The predicted octanol–water partition coefficient (Wildman–Crippen LogP) is 3.30. The molecule has 1 aromatic carbocycles. The maximum absolute atomic E-state index is 5.69. The molecule has 0 spiro atoms. The zero-order chi connectivity index (χ0) is 14.9. The molecule has 1 aromatic rings. The highest BCUT2D eigenvalue weighted by Crippen LogP contribution is 2.15. The first kappa shape index (κ1) is 16.3. The molecule has 1 heterocycles. The van der Waals surface area contributed by atoms with Crippen LogP contribution >= 0.6 is 0 Å². The van der Waals surface area contributed by atoms with Gasteiger partial charge < -0.3 is 15.0 Å². The van der Waals surface area contributed by atoms with Crippen molar-refractivity contribution in [3.63, 3.8) is 0 Å². The maximum Gasteiger partial charge on any atom is 0.119 e. The van der Waals surface area contributed by atoms with E-state index in [-0.39, 0.29) is 0 Å². The minimum atomic E-state index is 0.806. The van der Waals surface area contributed by atoms with Gasteiger partial charge in [-0.25, -0.2) is 0 Å². The lowest BCUT2D eigenvalue weighted by Gasteiger charge is -2.29. The van der Waals surface area contributed by atoms with Gasteiger partial charge in [-0.15, -0.1) is 0 Å². The number of hydrogen-bond acceptors (Lipinski definition) is 3. The van der Waals surface area contributed by atoms with Crippen LogP contribution in [-0.2, 0) is 6.54 Å².